The SMILES string of the molecule is Cc1ccc(N)c(C)c1S(=O)(=O)N(CCO)CCO. The minimum atomic E-state index is -3.78. The maximum Gasteiger partial charge on any atom is 0.243 e. The Hall–Kier alpha value is -1.15. The Labute approximate surface area is 113 Å². The van der Waals surface area contributed by atoms with Gasteiger partial charge in [-0.2, -0.15) is 4.31 Å². The first-order valence-corrected chi connectivity index (χ1v) is 7.37. The third kappa shape index (κ3) is 3.24. The van der Waals surface area contributed by atoms with Crippen molar-refractivity contribution in [2.45, 2.75) is 18.7 Å². The van der Waals surface area contributed by atoms with Crippen molar-refractivity contribution in [2.24, 2.45) is 0 Å². The van der Waals surface area contributed by atoms with Crippen molar-refractivity contribution < 1.29 is 18.6 Å². The van der Waals surface area contributed by atoms with Gasteiger partial charge in [0.25, 0.3) is 0 Å². The molecule has 0 spiro atoms. The summed E-state index contributed by atoms with van der Waals surface area (Å²) in [7, 11) is -3.78. The Bertz CT molecular complexity index is 537. The molecule has 7 heteroatoms. The molecule has 4 N–H and O–H groups in total. The van der Waals surface area contributed by atoms with Gasteiger partial charge in [-0.3, -0.25) is 0 Å². The van der Waals surface area contributed by atoms with Crippen LogP contribution in [0.2, 0.25) is 0 Å². The summed E-state index contributed by atoms with van der Waals surface area (Å²) in [5.74, 6) is 0. The van der Waals surface area contributed by atoms with Crippen molar-refractivity contribution in [2.75, 3.05) is 32.0 Å². The van der Waals surface area contributed by atoms with Gasteiger partial charge in [0.1, 0.15) is 0 Å². The molecule has 0 atom stereocenters. The van der Waals surface area contributed by atoms with Gasteiger partial charge in [-0.15, -0.1) is 0 Å². The molecular formula is C12H20N2O4S. The van der Waals surface area contributed by atoms with Crippen LogP contribution in [0, 0.1) is 13.8 Å². The Balaban J connectivity index is 3.37. The van der Waals surface area contributed by atoms with Gasteiger partial charge in [-0.25, -0.2) is 8.42 Å². The van der Waals surface area contributed by atoms with E-state index in [4.69, 9.17) is 15.9 Å². The average Bonchev–Trinajstić information content (AvgIpc) is 2.34. The third-order valence-electron chi connectivity index (χ3n) is 2.94. The van der Waals surface area contributed by atoms with Gasteiger partial charge in [0.05, 0.1) is 18.1 Å². The number of aliphatic hydroxyl groups excluding tert-OH is 2. The number of rotatable bonds is 6. The highest BCUT2D eigenvalue weighted by atomic mass is 32.2. The second-order valence-corrected chi connectivity index (χ2v) is 6.15. The molecule has 1 aromatic rings. The van der Waals surface area contributed by atoms with Gasteiger partial charge in [0.15, 0.2) is 0 Å². The Morgan fingerprint density at radius 2 is 1.68 bits per heavy atom. The molecule has 0 fully saturated rings. The zero-order chi connectivity index (χ0) is 14.6. The number of benzene rings is 1. The molecular weight excluding hydrogens is 268 g/mol. The van der Waals surface area contributed by atoms with Gasteiger partial charge in [0, 0.05) is 18.8 Å². The van der Waals surface area contributed by atoms with Crippen LogP contribution in [0.4, 0.5) is 5.69 Å². The molecule has 0 saturated carbocycles. The van der Waals surface area contributed by atoms with Crippen LogP contribution in [-0.2, 0) is 10.0 Å². The third-order valence-corrected chi connectivity index (χ3v) is 5.13. The van der Waals surface area contributed by atoms with E-state index in [1.165, 1.54) is 0 Å². The molecule has 0 unspecified atom stereocenters. The number of sulfonamides is 1. The van der Waals surface area contributed by atoms with E-state index in [1.54, 1.807) is 26.0 Å². The van der Waals surface area contributed by atoms with Crippen LogP contribution in [0.3, 0.4) is 0 Å². The van der Waals surface area contributed by atoms with E-state index >= 15 is 0 Å². The first-order valence-electron chi connectivity index (χ1n) is 5.93. The van der Waals surface area contributed by atoms with E-state index in [0.29, 0.717) is 16.8 Å². The number of nitrogens with zero attached hydrogens (tertiary/aromatic N) is 1. The van der Waals surface area contributed by atoms with E-state index in [9.17, 15) is 8.42 Å². The molecule has 108 valence electrons. The second-order valence-electron chi connectivity index (χ2n) is 4.28. The highest BCUT2D eigenvalue weighted by molar-refractivity contribution is 7.89. The Morgan fingerprint density at radius 3 is 2.16 bits per heavy atom. The molecule has 1 rings (SSSR count). The van der Waals surface area contributed by atoms with Crippen molar-refractivity contribution in [3.63, 3.8) is 0 Å². The van der Waals surface area contributed by atoms with Crippen LogP contribution in [0.15, 0.2) is 17.0 Å². The maximum atomic E-state index is 12.6. The molecule has 19 heavy (non-hydrogen) atoms. The van der Waals surface area contributed by atoms with Gasteiger partial charge in [-0.05, 0) is 31.0 Å². The fraction of sp³-hybridized carbons (Fsp3) is 0.500. The van der Waals surface area contributed by atoms with Gasteiger partial charge >= 0.3 is 0 Å². The molecule has 0 bridgehead atoms. The quantitative estimate of drug-likeness (QED) is 0.632. The zero-order valence-electron chi connectivity index (χ0n) is 11.1. The summed E-state index contributed by atoms with van der Waals surface area (Å²) < 4.78 is 26.2. The van der Waals surface area contributed by atoms with Crippen LogP contribution < -0.4 is 5.73 Å². The standard InChI is InChI=1S/C12H20N2O4S/c1-9-3-4-11(13)10(2)12(9)19(17,18)14(5-7-15)6-8-16/h3-4,15-16H,5-8,13H2,1-2H3. The molecule has 0 aliphatic carbocycles. The summed E-state index contributed by atoms with van der Waals surface area (Å²) >= 11 is 0. The van der Waals surface area contributed by atoms with E-state index in [-0.39, 0.29) is 31.2 Å². The number of hydrogen-bond donors (Lipinski definition) is 3. The van der Waals surface area contributed by atoms with Crippen LogP contribution in [0.1, 0.15) is 11.1 Å². The minimum Gasteiger partial charge on any atom is -0.398 e. The Morgan fingerprint density at radius 1 is 1.16 bits per heavy atom. The number of anilines is 1. The topological polar surface area (TPSA) is 104 Å². The van der Waals surface area contributed by atoms with E-state index in [1.807, 2.05) is 0 Å². The zero-order valence-corrected chi connectivity index (χ0v) is 11.9. The molecule has 0 aliphatic heterocycles. The van der Waals surface area contributed by atoms with Crippen LogP contribution in [-0.4, -0.2) is 49.2 Å². The van der Waals surface area contributed by atoms with Crippen molar-refractivity contribution in [3.8, 4) is 0 Å². The molecule has 0 amide bonds. The smallest absolute Gasteiger partial charge is 0.243 e. The number of hydrogen-bond acceptors (Lipinski definition) is 5. The largest absolute Gasteiger partial charge is 0.398 e. The second kappa shape index (κ2) is 6.33. The van der Waals surface area contributed by atoms with Crippen molar-refractivity contribution >= 4 is 15.7 Å². The Kier molecular flexibility index (Phi) is 5.30. The summed E-state index contributed by atoms with van der Waals surface area (Å²) in [4.78, 5) is 0.148. The first-order chi connectivity index (χ1) is 8.86. The molecule has 0 aromatic heterocycles. The van der Waals surface area contributed by atoms with E-state index in [0.717, 1.165) is 4.31 Å². The minimum absolute atomic E-state index is 0.0590. The lowest BCUT2D eigenvalue weighted by Crippen LogP contribution is -2.36. The normalized spacial score (nSPS) is 12.1. The average molecular weight is 288 g/mol. The molecule has 6 nitrogen and oxygen atoms in total. The van der Waals surface area contributed by atoms with E-state index < -0.39 is 10.0 Å². The number of aryl methyl sites for hydroxylation is 1. The molecule has 0 aliphatic rings. The summed E-state index contributed by atoms with van der Waals surface area (Å²) in [5, 5.41) is 17.9. The van der Waals surface area contributed by atoms with E-state index in [2.05, 4.69) is 0 Å². The van der Waals surface area contributed by atoms with Crippen LogP contribution in [0.25, 0.3) is 0 Å². The van der Waals surface area contributed by atoms with Crippen molar-refractivity contribution in [1.29, 1.82) is 0 Å². The van der Waals surface area contributed by atoms with Crippen LogP contribution in [0.5, 0.6) is 0 Å². The van der Waals surface area contributed by atoms with Gasteiger partial charge in [0.2, 0.25) is 10.0 Å². The summed E-state index contributed by atoms with van der Waals surface area (Å²) in [6, 6.07) is 3.30. The number of aliphatic hydroxyl groups is 2. The molecule has 0 radical (unpaired) electrons. The molecule has 1 aromatic carbocycles. The first kappa shape index (κ1) is 15.9. The lowest BCUT2D eigenvalue weighted by Gasteiger charge is -2.23. The maximum absolute atomic E-state index is 12.6. The van der Waals surface area contributed by atoms with Gasteiger partial charge < -0.3 is 15.9 Å². The highest BCUT2D eigenvalue weighted by Crippen LogP contribution is 2.27. The highest BCUT2D eigenvalue weighted by Gasteiger charge is 2.27. The predicted octanol–water partition coefficient (Wildman–Crippen LogP) is -0.139. The number of nitrogens with two attached hydrogens (primary N) is 1. The molecule has 0 saturated heterocycles. The predicted molar refractivity (Wildman–Crippen MR) is 73.3 cm³/mol. The fourth-order valence-corrected chi connectivity index (χ4v) is 3.83. The molecule has 0 heterocycles. The lowest BCUT2D eigenvalue weighted by atomic mass is 10.1. The van der Waals surface area contributed by atoms with Crippen molar-refractivity contribution in [1.82, 2.24) is 4.31 Å². The van der Waals surface area contributed by atoms with Crippen molar-refractivity contribution in [3.05, 3.63) is 23.3 Å². The summed E-state index contributed by atoms with van der Waals surface area (Å²) in [5.41, 5.74) is 7.23. The summed E-state index contributed by atoms with van der Waals surface area (Å²) in [6.07, 6.45) is 0. The monoisotopic (exact) mass is 288 g/mol. The summed E-state index contributed by atoms with van der Waals surface area (Å²) in [6.45, 7) is 2.60. The van der Waals surface area contributed by atoms with Crippen LogP contribution >= 0.6 is 0 Å². The fourth-order valence-electron chi connectivity index (χ4n) is 1.94. The lowest BCUT2D eigenvalue weighted by molar-refractivity contribution is 0.217. The van der Waals surface area contributed by atoms with Gasteiger partial charge in [-0.1, -0.05) is 6.07 Å². The number of nitrogen functional groups attached to an aromatic ring is 1.